The minimum Gasteiger partial charge on any atom is -0.481 e. The van der Waals surface area contributed by atoms with Crippen LogP contribution in [0, 0.1) is 29.6 Å². The van der Waals surface area contributed by atoms with Crippen LogP contribution in [0.2, 0.25) is 0 Å². The van der Waals surface area contributed by atoms with E-state index in [-0.39, 0.29) is 35.6 Å². The van der Waals surface area contributed by atoms with Gasteiger partial charge >= 0.3 is 11.9 Å². The molecular formula is C34H40N3O4+. The molecule has 2 aliphatic heterocycles. The van der Waals surface area contributed by atoms with Gasteiger partial charge in [-0.3, -0.25) is 9.59 Å². The summed E-state index contributed by atoms with van der Waals surface area (Å²) in [4.78, 5) is 24.9. The Bertz CT molecular complexity index is 1490. The first kappa shape index (κ1) is 29.8. The third kappa shape index (κ3) is 5.83. The van der Waals surface area contributed by atoms with E-state index in [1.165, 1.54) is 5.57 Å². The van der Waals surface area contributed by atoms with Gasteiger partial charge in [0.2, 0.25) is 0 Å². The largest absolute Gasteiger partial charge is 0.481 e. The van der Waals surface area contributed by atoms with Gasteiger partial charge in [0.15, 0.2) is 18.3 Å². The number of nitriles is 1. The molecule has 7 nitrogen and oxygen atoms in total. The number of carbonyl (C=O) groups is 2. The molecule has 2 heterocycles. The number of rotatable bonds is 9. The van der Waals surface area contributed by atoms with Crippen molar-refractivity contribution in [3.63, 3.8) is 0 Å². The van der Waals surface area contributed by atoms with E-state index in [9.17, 15) is 25.1 Å². The Morgan fingerprint density at radius 1 is 1.12 bits per heavy atom. The molecule has 214 valence electrons. The molecule has 1 aromatic carbocycles. The molecule has 2 unspecified atom stereocenters. The van der Waals surface area contributed by atoms with Crippen LogP contribution >= 0.6 is 0 Å². The standard InChI is InChI=1S/C34H39N3O4/c1-22-7-11-27-25(19-22)33(3,4)29(36(27)17-15-31(38)39)13-9-24(21-35)10-14-30-34(5,6)26-20-23(2)8-12-28(26)37(30)18-16-32(40)41/h7-14,19-20,25,27H,15-18H2,1-6H3,(H-,38,39,40,41)/p+1. The van der Waals surface area contributed by atoms with Gasteiger partial charge in [-0.2, -0.15) is 5.26 Å². The maximum absolute atomic E-state index is 11.4. The van der Waals surface area contributed by atoms with Gasteiger partial charge in [0, 0.05) is 29.4 Å². The number of fused-ring (bicyclic) bond motifs is 2. The second-order valence-corrected chi connectivity index (χ2v) is 12.3. The van der Waals surface area contributed by atoms with Crippen LogP contribution in [0.4, 0.5) is 5.69 Å². The highest BCUT2D eigenvalue weighted by Gasteiger charge is 2.52. The van der Waals surface area contributed by atoms with Gasteiger partial charge < -0.3 is 15.1 Å². The van der Waals surface area contributed by atoms with Crippen LogP contribution in [0.15, 0.2) is 77.6 Å². The molecule has 0 radical (unpaired) electrons. The Labute approximate surface area is 242 Å². The van der Waals surface area contributed by atoms with Gasteiger partial charge in [0.25, 0.3) is 0 Å². The van der Waals surface area contributed by atoms with Crippen molar-refractivity contribution in [3.8, 4) is 6.07 Å². The summed E-state index contributed by atoms with van der Waals surface area (Å²) < 4.78 is 2.16. The lowest BCUT2D eigenvalue weighted by atomic mass is 9.72. The highest BCUT2D eigenvalue weighted by atomic mass is 16.4. The van der Waals surface area contributed by atoms with Gasteiger partial charge in [0.05, 0.1) is 29.4 Å². The fourth-order valence-corrected chi connectivity index (χ4v) is 6.44. The Morgan fingerprint density at radius 3 is 2.49 bits per heavy atom. The summed E-state index contributed by atoms with van der Waals surface area (Å²) in [5.41, 5.74) is 6.22. The molecule has 0 spiro atoms. The molecule has 7 heteroatoms. The van der Waals surface area contributed by atoms with Crippen LogP contribution in [0.1, 0.15) is 58.6 Å². The molecule has 0 fully saturated rings. The summed E-state index contributed by atoms with van der Waals surface area (Å²) >= 11 is 0. The number of hydrogen-bond donors (Lipinski definition) is 2. The molecule has 41 heavy (non-hydrogen) atoms. The van der Waals surface area contributed by atoms with E-state index in [4.69, 9.17) is 0 Å². The molecular weight excluding hydrogens is 514 g/mol. The number of aryl methyl sites for hydroxylation is 1. The fourth-order valence-electron chi connectivity index (χ4n) is 6.44. The molecule has 1 aromatic rings. The van der Waals surface area contributed by atoms with Crippen molar-refractivity contribution in [2.45, 2.75) is 65.8 Å². The molecule has 0 saturated carbocycles. The Kier molecular flexibility index (Phi) is 8.26. The summed E-state index contributed by atoms with van der Waals surface area (Å²) in [6.45, 7) is 13.4. The van der Waals surface area contributed by atoms with E-state index in [2.05, 4.69) is 69.6 Å². The maximum atomic E-state index is 11.4. The van der Waals surface area contributed by atoms with E-state index < -0.39 is 11.9 Å². The van der Waals surface area contributed by atoms with E-state index in [0.29, 0.717) is 18.7 Å². The van der Waals surface area contributed by atoms with E-state index in [1.54, 1.807) is 12.2 Å². The summed E-state index contributed by atoms with van der Waals surface area (Å²) in [5, 5.41) is 28.8. The van der Waals surface area contributed by atoms with Crippen molar-refractivity contribution in [1.29, 1.82) is 5.26 Å². The molecule has 4 rings (SSSR count). The average Bonchev–Trinajstić information content (AvgIpc) is 3.24. The third-order valence-electron chi connectivity index (χ3n) is 8.66. The van der Waals surface area contributed by atoms with E-state index in [0.717, 1.165) is 28.2 Å². The zero-order valence-electron chi connectivity index (χ0n) is 24.8. The summed E-state index contributed by atoms with van der Waals surface area (Å²) in [5.74, 6) is -1.50. The van der Waals surface area contributed by atoms with Crippen LogP contribution < -0.4 is 4.90 Å². The van der Waals surface area contributed by atoms with Gasteiger partial charge in [0.1, 0.15) is 6.42 Å². The van der Waals surface area contributed by atoms with Gasteiger partial charge in [-0.15, -0.1) is 0 Å². The molecule has 2 atom stereocenters. The highest BCUT2D eigenvalue weighted by Crippen LogP contribution is 2.48. The lowest BCUT2D eigenvalue weighted by Crippen LogP contribution is -2.31. The first-order valence-corrected chi connectivity index (χ1v) is 14.1. The molecule has 0 bridgehead atoms. The summed E-state index contributed by atoms with van der Waals surface area (Å²) in [6, 6.07) is 8.58. The molecule has 0 aromatic heterocycles. The Morgan fingerprint density at radius 2 is 1.83 bits per heavy atom. The maximum Gasteiger partial charge on any atom is 0.309 e. The SMILES string of the molecule is CC1=CC2C(C=C1)[N+](CCC(=O)O)=C(/C=C/C(C#N)=C/C=C1/N(CCC(=O)O)c3ccc(C)cc3C1(C)C)C2(C)C. The number of carboxylic acids is 2. The molecule has 1 aliphatic carbocycles. The topological polar surface area (TPSA) is 105 Å². The number of carboxylic acid groups (broad SMARTS) is 2. The normalized spacial score (nSPS) is 23.5. The first-order valence-electron chi connectivity index (χ1n) is 14.1. The minimum atomic E-state index is -0.858. The van der Waals surface area contributed by atoms with Crippen LogP contribution in [-0.2, 0) is 15.0 Å². The van der Waals surface area contributed by atoms with Crippen LogP contribution in [-0.4, -0.2) is 51.6 Å². The first-order chi connectivity index (χ1) is 19.3. The van der Waals surface area contributed by atoms with Crippen molar-refractivity contribution in [2.75, 3.05) is 18.0 Å². The molecule has 0 saturated heterocycles. The Hall–Kier alpha value is -4.18. The lowest BCUT2D eigenvalue weighted by Gasteiger charge is -2.26. The van der Waals surface area contributed by atoms with Crippen LogP contribution in [0.5, 0.6) is 0 Å². The minimum absolute atomic E-state index is 0.000257. The van der Waals surface area contributed by atoms with Crippen molar-refractivity contribution in [2.24, 2.45) is 11.3 Å². The number of aliphatic carboxylic acids is 2. The zero-order chi connectivity index (χ0) is 30.1. The number of anilines is 1. The highest BCUT2D eigenvalue weighted by molar-refractivity contribution is 5.97. The number of allylic oxidation sites excluding steroid dienone is 8. The van der Waals surface area contributed by atoms with E-state index in [1.807, 2.05) is 36.1 Å². The van der Waals surface area contributed by atoms with Crippen LogP contribution in [0.25, 0.3) is 0 Å². The number of hydrogen-bond acceptors (Lipinski definition) is 4. The quantitative estimate of drug-likeness (QED) is 0.223. The van der Waals surface area contributed by atoms with Gasteiger partial charge in [-0.1, -0.05) is 49.3 Å². The van der Waals surface area contributed by atoms with Crippen molar-refractivity contribution in [1.82, 2.24) is 0 Å². The predicted octanol–water partition coefficient (Wildman–Crippen LogP) is 5.93. The van der Waals surface area contributed by atoms with Crippen molar-refractivity contribution < 1.29 is 24.4 Å². The predicted molar refractivity (Wildman–Crippen MR) is 161 cm³/mol. The zero-order valence-corrected chi connectivity index (χ0v) is 24.8. The Balaban J connectivity index is 1.73. The summed E-state index contributed by atoms with van der Waals surface area (Å²) in [7, 11) is 0. The van der Waals surface area contributed by atoms with Crippen molar-refractivity contribution in [3.05, 3.63) is 88.7 Å². The molecule has 2 N–H and O–H groups in total. The molecule has 0 amide bonds. The number of benzene rings is 1. The average molecular weight is 555 g/mol. The van der Waals surface area contributed by atoms with Crippen LogP contribution in [0.3, 0.4) is 0 Å². The smallest absolute Gasteiger partial charge is 0.309 e. The van der Waals surface area contributed by atoms with Crippen molar-refractivity contribution >= 4 is 23.3 Å². The summed E-state index contributed by atoms with van der Waals surface area (Å²) in [6.07, 6.45) is 14.0. The lowest BCUT2D eigenvalue weighted by molar-refractivity contribution is -0.549. The van der Waals surface area contributed by atoms with E-state index >= 15 is 0 Å². The van der Waals surface area contributed by atoms with Gasteiger partial charge in [-0.25, -0.2) is 4.58 Å². The third-order valence-corrected chi connectivity index (χ3v) is 8.66. The number of nitrogens with zero attached hydrogens (tertiary/aromatic N) is 3. The second kappa shape index (κ2) is 11.4. The molecule has 3 aliphatic rings. The second-order valence-electron chi connectivity index (χ2n) is 12.3. The fraction of sp³-hybridized carbons (Fsp3) is 0.412. The monoisotopic (exact) mass is 554 g/mol. The van der Waals surface area contributed by atoms with Gasteiger partial charge in [-0.05, 0) is 63.6 Å².